The Balaban J connectivity index is 1.28. The zero-order valence-electron chi connectivity index (χ0n) is 17.2. The Bertz CT molecular complexity index is 1130. The molecule has 5 heteroatoms. The van der Waals surface area contributed by atoms with Crippen LogP contribution in [0.25, 0.3) is 11.1 Å². The maximum atomic E-state index is 12.5. The molecule has 0 radical (unpaired) electrons. The van der Waals surface area contributed by atoms with Gasteiger partial charge in [-0.05, 0) is 53.3 Å². The van der Waals surface area contributed by atoms with Crippen LogP contribution in [0.3, 0.4) is 0 Å². The van der Waals surface area contributed by atoms with Gasteiger partial charge in [0.05, 0.1) is 11.3 Å². The van der Waals surface area contributed by atoms with Crippen LogP contribution in [0.1, 0.15) is 35.4 Å². The van der Waals surface area contributed by atoms with E-state index in [2.05, 4.69) is 40.6 Å². The monoisotopic (exact) mass is 409 g/mol. The predicted molar refractivity (Wildman–Crippen MR) is 121 cm³/mol. The third-order valence-corrected chi connectivity index (χ3v) is 6.15. The number of amides is 1. The number of nitrogens with one attached hydrogen (secondary N) is 1. The van der Waals surface area contributed by atoms with Gasteiger partial charge >= 0.3 is 6.09 Å². The average molecular weight is 409 g/mol. The summed E-state index contributed by atoms with van der Waals surface area (Å²) < 4.78 is 5.60. The van der Waals surface area contributed by atoms with Gasteiger partial charge in [0.25, 0.3) is 0 Å². The van der Waals surface area contributed by atoms with E-state index in [-0.39, 0.29) is 12.5 Å². The Hall–Kier alpha value is -3.78. The van der Waals surface area contributed by atoms with Gasteiger partial charge in [-0.15, -0.1) is 0 Å². The van der Waals surface area contributed by atoms with Crippen LogP contribution in [0, 0.1) is 11.3 Å². The van der Waals surface area contributed by atoms with Gasteiger partial charge in [-0.1, -0.05) is 48.5 Å². The molecule has 1 amide bonds. The Labute approximate surface area is 181 Å². The van der Waals surface area contributed by atoms with Crippen LogP contribution in [-0.2, 0) is 4.74 Å². The highest BCUT2D eigenvalue weighted by molar-refractivity contribution is 5.86. The van der Waals surface area contributed by atoms with Crippen LogP contribution in [0.5, 0.6) is 0 Å². The van der Waals surface area contributed by atoms with Crippen molar-refractivity contribution in [3.63, 3.8) is 0 Å². The van der Waals surface area contributed by atoms with Crippen molar-refractivity contribution in [3.05, 3.63) is 83.4 Å². The Morgan fingerprint density at radius 2 is 1.65 bits per heavy atom. The van der Waals surface area contributed by atoms with E-state index in [0.29, 0.717) is 11.3 Å². The molecule has 0 unspecified atom stereocenters. The van der Waals surface area contributed by atoms with Crippen molar-refractivity contribution in [2.45, 2.75) is 18.8 Å². The molecule has 0 spiro atoms. The quantitative estimate of drug-likeness (QED) is 0.616. The van der Waals surface area contributed by atoms with Crippen molar-refractivity contribution in [3.8, 4) is 17.2 Å². The number of carbonyl (C=O) groups excluding carboxylic acids is 1. The standard InChI is InChI=1S/C26H23N3O2/c27-16-18-15-19(11-12-25(18)29-13-5-6-14-29)28-26(30)31-17-24-22-9-3-1-7-20(22)21-8-2-4-10-23(21)24/h1-4,7-12,15,24H,5-6,13-14,17H2,(H,28,30). The number of ether oxygens (including phenoxy) is 1. The molecule has 3 aromatic carbocycles. The normalized spacial score (nSPS) is 14.6. The van der Waals surface area contributed by atoms with Gasteiger partial charge in [0.15, 0.2) is 0 Å². The zero-order chi connectivity index (χ0) is 21.2. The number of nitrogens with zero attached hydrogens (tertiary/aromatic N) is 2. The molecule has 31 heavy (non-hydrogen) atoms. The van der Waals surface area contributed by atoms with Gasteiger partial charge < -0.3 is 9.64 Å². The summed E-state index contributed by atoms with van der Waals surface area (Å²) in [6, 6.07) is 24.2. The fourth-order valence-electron chi connectivity index (χ4n) is 4.69. The molecule has 1 aliphatic heterocycles. The summed E-state index contributed by atoms with van der Waals surface area (Å²) in [5, 5.41) is 12.3. The van der Waals surface area contributed by atoms with Gasteiger partial charge in [-0.25, -0.2) is 4.79 Å². The van der Waals surface area contributed by atoms with Gasteiger partial charge in [0.2, 0.25) is 0 Å². The van der Waals surface area contributed by atoms with Crippen molar-refractivity contribution in [2.75, 3.05) is 29.9 Å². The van der Waals surface area contributed by atoms with E-state index in [1.807, 2.05) is 36.4 Å². The molecule has 1 N–H and O–H groups in total. The number of hydrogen-bond acceptors (Lipinski definition) is 4. The highest BCUT2D eigenvalue weighted by atomic mass is 16.5. The van der Waals surface area contributed by atoms with Crippen molar-refractivity contribution in [2.24, 2.45) is 0 Å². The molecule has 2 aliphatic rings. The number of fused-ring (bicyclic) bond motifs is 3. The molecule has 0 aromatic heterocycles. The lowest BCUT2D eigenvalue weighted by atomic mass is 9.98. The highest BCUT2D eigenvalue weighted by Crippen LogP contribution is 2.44. The molecule has 0 atom stereocenters. The van der Waals surface area contributed by atoms with Crippen LogP contribution in [-0.4, -0.2) is 25.8 Å². The summed E-state index contributed by atoms with van der Waals surface area (Å²) in [4.78, 5) is 14.7. The maximum absolute atomic E-state index is 12.5. The van der Waals surface area contributed by atoms with Crippen molar-refractivity contribution >= 4 is 17.5 Å². The van der Waals surface area contributed by atoms with Gasteiger partial charge in [0.1, 0.15) is 12.7 Å². The summed E-state index contributed by atoms with van der Waals surface area (Å²) in [6.45, 7) is 2.19. The molecule has 0 saturated carbocycles. The van der Waals surface area contributed by atoms with Crippen LogP contribution in [0.2, 0.25) is 0 Å². The molecule has 1 aliphatic carbocycles. The Kier molecular flexibility index (Phi) is 5.05. The van der Waals surface area contributed by atoms with Crippen molar-refractivity contribution in [1.82, 2.24) is 0 Å². The topological polar surface area (TPSA) is 65.4 Å². The summed E-state index contributed by atoms with van der Waals surface area (Å²) in [5.74, 6) is 0.0189. The van der Waals surface area contributed by atoms with E-state index < -0.39 is 6.09 Å². The lowest BCUT2D eigenvalue weighted by molar-refractivity contribution is 0.158. The number of rotatable bonds is 4. The first-order valence-electron chi connectivity index (χ1n) is 10.7. The van der Waals surface area contributed by atoms with Crippen LogP contribution in [0.4, 0.5) is 16.2 Å². The molecule has 5 nitrogen and oxygen atoms in total. The lowest BCUT2D eigenvalue weighted by Crippen LogP contribution is -2.20. The smallest absolute Gasteiger partial charge is 0.411 e. The second-order valence-electron chi connectivity index (χ2n) is 7.99. The summed E-state index contributed by atoms with van der Waals surface area (Å²) in [6.07, 6.45) is 1.77. The largest absolute Gasteiger partial charge is 0.448 e. The minimum Gasteiger partial charge on any atom is -0.448 e. The van der Waals surface area contributed by atoms with Gasteiger partial charge in [-0.2, -0.15) is 5.26 Å². The van der Waals surface area contributed by atoms with E-state index in [1.54, 1.807) is 6.07 Å². The molecule has 3 aromatic rings. The average Bonchev–Trinajstić information content (AvgIpc) is 3.44. The first kappa shape index (κ1) is 19.2. The molecule has 154 valence electrons. The first-order valence-corrected chi connectivity index (χ1v) is 10.7. The Morgan fingerprint density at radius 1 is 1.00 bits per heavy atom. The van der Waals surface area contributed by atoms with Crippen molar-refractivity contribution < 1.29 is 9.53 Å². The second-order valence-corrected chi connectivity index (χ2v) is 7.99. The van der Waals surface area contributed by atoms with Crippen LogP contribution < -0.4 is 10.2 Å². The minimum absolute atomic E-state index is 0.0189. The number of carbonyl (C=O) groups is 1. The summed E-state index contributed by atoms with van der Waals surface area (Å²) >= 11 is 0. The van der Waals surface area contributed by atoms with Gasteiger partial charge in [-0.3, -0.25) is 5.32 Å². The fraction of sp³-hybridized carbons (Fsp3) is 0.231. The molecular weight excluding hydrogens is 386 g/mol. The highest BCUT2D eigenvalue weighted by Gasteiger charge is 2.29. The van der Waals surface area contributed by atoms with E-state index in [1.165, 1.54) is 22.3 Å². The van der Waals surface area contributed by atoms with Crippen LogP contribution >= 0.6 is 0 Å². The number of benzene rings is 3. The zero-order valence-corrected chi connectivity index (χ0v) is 17.2. The van der Waals surface area contributed by atoms with Gasteiger partial charge in [0, 0.05) is 24.7 Å². The maximum Gasteiger partial charge on any atom is 0.411 e. The van der Waals surface area contributed by atoms with E-state index in [9.17, 15) is 10.1 Å². The third-order valence-electron chi connectivity index (χ3n) is 6.15. The van der Waals surface area contributed by atoms with Crippen LogP contribution in [0.15, 0.2) is 66.7 Å². The fourth-order valence-corrected chi connectivity index (χ4v) is 4.69. The predicted octanol–water partition coefficient (Wildman–Crippen LogP) is 5.52. The van der Waals surface area contributed by atoms with E-state index in [4.69, 9.17) is 4.74 Å². The van der Waals surface area contributed by atoms with Crippen molar-refractivity contribution in [1.29, 1.82) is 5.26 Å². The molecule has 1 fully saturated rings. The minimum atomic E-state index is -0.514. The SMILES string of the molecule is N#Cc1cc(NC(=O)OCC2c3ccccc3-c3ccccc32)ccc1N1CCCC1. The number of hydrogen-bond donors (Lipinski definition) is 1. The molecule has 5 rings (SSSR count). The summed E-state index contributed by atoms with van der Waals surface area (Å²) in [7, 11) is 0. The summed E-state index contributed by atoms with van der Waals surface area (Å²) in [5.41, 5.74) is 6.82. The number of nitriles is 1. The van der Waals surface area contributed by atoms with E-state index >= 15 is 0 Å². The molecule has 0 bridgehead atoms. The lowest BCUT2D eigenvalue weighted by Gasteiger charge is -2.19. The first-order chi connectivity index (χ1) is 15.2. The number of anilines is 2. The van der Waals surface area contributed by atoms with E-state index in [0.717, 1.165) is 31.6 Å². The Morgan fingerprint density at radius 3 is 2.29 bits per heavy atom. The molecular formula is C26H23N3O2. The molecule has 1 heterocycles. The third kappa shape index (κ3) is 3.62. The second kappa shape index (κ2) is 8.16. The molecule has 1 saturated heterocycles.